The van der Waals surface area contributed by atoms with Crippen LogP contribution in [0.3, 0.4) is 0 Å². The second kappa shape index (κ2) is 5.23. The fourth-order valence-electron chi connectivity index (χ4n) is 4.15. The van der Waals surface area contributed by atoms with Crippen molar-refractivity contribution in [3.63, 3.8) is 0 Å². The molecule has 0 aromatic heterocycles. The van der Waals surface area contributed by atoms with E-state index in [0.717, 1.165) is 21.5 Å². The molecular weight excluding hydrogens is 326 g/mol. The summed E-state index contributed by atoms with van der Waals surface area (Å²) in [5, 5.41) is 15.5. The Bertz CT molecular complexity index is 1240. The molecule has 0 heterocycles. The SMILES string of the molecule is O=C1c2ccccc2C([N+](=O)[O-])c2c1c1ccccc1c1ccccc21. The summed E-state index contributed by atoms with van der Waals surface area (Å²) < 4.78 is 0. The third-order valence-corrected chi connectivity index (χ3v) is 5.18. The Balaban J connectivity index is 2.06. The van der Waals surface area contributed by atoms with Crippen LogP contribution < -0.4 is 0 Å². The van der Waals surface area contributed by atoms with Crippen LogP contribution in [0.1, 0.15) is 33.1 Å². The molecule has 0 N–H and O–H groups in total. The van der Waals surface area contributed by atoms with Crippen LogP contribution in [0.25, 0.3) is 21.5 Å². The first-order chi connectivity index (χ1) is 12.7. The van der Waals surface area contributed by atoms with Crippen LogP contribution in [0.2, 0.25) is 0 Å². The van der Waals surface area contributed by atoms with E-state index in [-0.39, 0.29) is 10.7 Å². The monoisotopic (exact) mass is 339 g/mol. The number of nitrogens with zero attached hydrogens (tertiary/aromatic N) is 1. The molecule has 0 spiro atoms. The quantitative estimate of drug-likeness (QED) is 0.281. The number of hydrogen-bond donors (Lipinski definition) is 0. The minimum atomic E-state index is -1.05. The Morgan fingerprint density at radius 1 is 0.731 bits per heavy atom. The van der Waals surface area contributed by atoms with Gasteiger partial charge < -0.3 is 0 Å². The van der Waals surface area contributed by atoms with Crippen molar-refractivity contribution in [2.24, 2.45) is 0 Å². The minimum absolute atomic E-state index is 0.143. The summed E-state index contributed by atoms with van der Waals surface area (Å²) in [6.07, 6.45) is 0. The van der Waals surface area contributed by atoms with Gasteiger partial charge in [-0.1, -0.05) is 72.8 Å². The lowest BCUT2D eigenvalue weighted by Gasteiger charge is -2.25. The highest BCUT2D eigenvalue weighted by molar-refractivity contribution is 6.25. The van der Waals surface area contributed by atoms with Crippen LogP contribution in [0.4, 0.5) is 0 Å². The molecule has 26 heavy (non-hydrogen) atoms. The molecule has 1 atom stereocenters. The number of ketones is 1. The first-order valence-corrected chi connectivity index (χ1v) is 8.39. The zero-order valence-corrected chi connectivity index (χ0v) is 13.7. The maximum absolute atomic E-state index is 13.3. The molecular formula is C22H13NO3. The molecule has 1 aliphatic carbocycles. The highest BCUT2D eigenvalue weighted by Gasteiger charge is 2.40. The number of nitro groups is 1. The van der Waals surface area contributed by atoms with Crippen molar-refractivity contribution in [1.82, 2.24) is 0 Å². The second-order valence-corrected chi connectivity index (χ2v) is 6.48. The molecule has 1 aliphatic rings. The number of fused-ring (bicyclic) bond motifs is 7. The zero-order chi connectivity index (χ0) is 17.8. The summed E-state index contributed by atoms with van der Waals surface area (Å²) in [4.78, 5) is 25.1. The van der Waals surface area contributed by atoms with Crippen molar-refractivity contribution < 1.29 is 9.72 Å². The fourth-order valence-corrected chi connectivity index (χ4v) is 4.15. The van der Waals surface area contributed by atoms with Gasteiger partial charge in [0.2, 0.25) is 0 Å². The van der Waals surface area contributed by atoms with E-state index in [1.165, 1.54) is 0 Å². The van der Waals surface area contributed by atoms with E-state index >= 15 is 0 Å². The molecule has 4 heteroatoms. The van der Waals surface area contributed by atoms with Crippen LogP contribution in [0, 0.1) is 10.1 Å². The molecule has 0 aliphatic heterocycles. The Morgan fingerprint density at radius 3 is 1.96 bits per heavy atom. The third-order valence-electron chi connectivity index (χ3n) is 5.18. The molecule has 124 valence electrons. The van der Waals surface area contributed by atoms with E-state index < -0.39 is 6.04 Å². The molecule has 4 nitrogen and oxygen atoms in total. The lowest BCUT2D eigenvalue weighted by Crippen LogP contribution is -2.25. The van der Waals surface area contributed by atoms with Crippen molar-refractivity contribution in [3.05, 3.63) is 105 Å². The van der Waals surface area contributed by atoms with Crippen LogP contribution >= 0.6 is 0 Å². The maximum atomic E-state index is 13.3. The van der Waals surface area contributed by atoms with Crippen LogP contribution in [0.5, 0.6) is 0 Å². The summed E-state index contributed by atoms with van der Waals surface area (Å²) in [6, 6.07) is 21.1. The van der Waals surface area contributed by atoms with Crippen molar-refractivity contribution in [3.8, 4) is 0 Å². The molecule has 4 aromatic carbocycles. The van der Waals surface area contributed by atoms with E-state index in [1.54, 1.807) is 24.3 Å². The van der Waals surface area contributed by atoms with Crippen LogP contribution in [0.15, 0.2) is 72.8 Å². The van der Waals surface area contributed by atoms with Gasteiger partial charge in [0.25, 0.3) is 6.04 Å². The van der Waals surface area contributed by atoms with Crippen molar-refractivity contribution in [1.29, 1.82) is 0 Å². The second-order valence-electron chi connectivity index (χ2n) is 6.48. The summed E-state index contributed by atoms with van der Waals surface area (Å²) >= 11 is 0. The van der Waals surface area contributed by atoms with Gasteiger partial charge in [-0.2, -0.15) is 0 Å². The molecule has 1 unspecified atom stereocenters. The molecule has 4 aromatic rings. The summed E-state index contributed by atoms with van der Waals surface area (Å²) in [5.74, 6) is -0.143. The van der Waals surface area contributed by atoms with Gasteiger partial charge in [0, 0.05) is 27.2 Å². The van der Waals surface area contributed by atoms with Crippen molar-refractivity contribution in [2.75, 3.05) is 0 Å². The zero-order valence-electron chi connectivity index (χ0n) is 13.7. The number of carbonyl (C=O) groups excluding carboxylic acids is 1. The average Bonchev–Trinajstić information content (AvgIpc) is 2.68. The summed E-state index contributed by atoms with van der Waals surface area (Å²) in [7, 11) is 0. The van der Waals surface area contributed by atoms with Gasteiger partial charge in [0.05, 0.1) is 0 Å². The molecule has 0 saturated heterocycles. The minimum Gasteiger partial charge on any atom is -0.289 e. The lowest BCUT2D eigenvalue weighted by atomic mass is 9.77. The Labute approximate surface area is 148 Å². The summed E-state index contributed by atoms with van der Waals surface area (Å²) in [6.45, 7) is 0. The van der Waals surface area contributed by atoms with Gasteiger partial charge in [-0.05, 0) is 21.5 Å². The first-order valence-electron chi connectivity index (χ1n) is 8.39. The van der Waals surface area contributed by atoms with E-state index in [9.17, 15) is 14.9 Å². The molecule has 0 saturated carbocycles. The number of benzene rings is 4. The van der Waals surface area contributed by atoms with Crippen molar-refractivity contribution in [2.45, 2.75) is 6.04 Å². The summed E-state index contributed by atoms with van der Waals surface area (Å²) in [5.41, 5.74) is 1.85. The number of carbonyl (C=O) groups is 1. The molecule has 5 rings (SSSR count). The normalized spacial score (nSPS) is 15.7. The van der Waals surface area contributed by atoms with Gasteiger partial charge in [0.15, 0.2) is 5.78 Å². The highest BCUT2D eigenvalue weighted by atomic mass is 16.6. The standard InChI is InChI=1S/C22H13NO3/c24-22-18-12-6-5-11-17(18)21(23(25)26)19-15-9-3-1-7-13(15)14-8-2-4-10-16(14)20(19)22/h1-12,21H. The molecule has 0 radical (unpaired) electrons. The fraction of sp³-hybridized carbons (Fsp3) is 0.0455. The Hall–Kier alpha value is -3.53. The predicted octanol–water partition coefficient (Wildman–Crippen LogP) is 4.90. The van der Waals surface area contributed by atoms with E-state index in [2.05, 4.69) is 0 Å². The van der Waals surface area contributed by atoms with Gasteiger partial charge in [-0.15, -0.1) is 0 Å². The van der Waals surface area contributed by atoms with Gasteiger partial charge in [-0.3, -0.25) is 14.9 Å². The Morgan fingerprint density at radius 2 is 1.27 bits per heavy atom. The third kappa shape index (κ3) is 1.81. The smallest absolute Gasteiger partial charge is 0.265 e. The first kappa shape index (κ1) is 14.8. The van der Waals surface area contributed by atoms with E-state index in [4.69, 9.17) is 0 Å². The molecule has 0 bridgehead atoms. The molecule has 0 amide bonds. The van der Waals surface area contributed by atoms with Gasteiger partial charge in [0.1, 0.15) is 0 Å². The topological polar surface area (TPSA) is 60.2 Å². The average molecular weight is 339 g/mol. The largest absolute Gasteiger partial charge is 0.289 e. The van der Waals surface area contributed by atoms with E-state index in [1.807, 2.05) is 48.5 Å². The van der Waals surface area contributed by atoms with Crippen LogP contribution in [-0.4, -0.2) is 10.7 Å². The molecule has 0 fully saturated rings. The lowest BCUT2D eigenvalue weighted by molar-refractivity contribution is -0.517. The Kier molecular flexibility index (Phi) is 2.97. The number of hydrogen-bond acceptors (Lipinski definition) is 3. The van der Waals surface area contributed by atoms with Crippen LogP contribution in [-0.2, 0) is 0 Å². The highest BCUT2D eigenvalue weighted by Crippen LogP contribution is 2.44. The number of rotatable bonds is 1. The van der Waals surface area contributed by atoms with E-state index in [0.29, 0.717) is 22.3 Å². The van der Waals surface area contributed by atoms with Gasteiger partial charge >= 0.3 is 0 Å². The van der Waals surface area contributed by atoms with Gasteiger partial charge in [-0.25, -0.2) is 0 Å². The predicted molar refractivity (Wildman–Crippen MR) is 100 cm³/mol. The maximum Gasteiger partial charge on any atom is 0.265 e. The van der Waals surface area contributed by atoms with Crippen molar-refractivity contribution >= 4 is 27.3 Å².